The van der Waals surface area contributed by atoms with Gasteiger partial charge in [0.15, 0.2) is 6.10 Å². The quantitative estimate of drug-likeness (QED) is 0.727. The first kappa shape index (κ1) is 20.3. The monoisotopic (exact) mass is 402 g/mol. The Morgan fingerprint density at radius 1 is 1.11 bits per heavy atom. The van der Waals surface area contributed by atoms with Crippen LogP contribution in [-0.4, -0.2) is 49.7 Å². The molecule has 1 saturated heterocycles. The molecule has 28 heavy (non-hydrogen) atoms. The van der Waals surface area contributed by atoms with Crippen LogP contribution >= 0.6 is 11.6 Å². The van der Waals surface area contributed by atoms with E-state index in [1.54, 1.807) is 13.0 Å². The molecule has 0 aromatic heterocycles. The summed E-state index contributed by atoms with van der Waals surface area (Å²) in [5.74, 6) is 1.58. The minimum atomic E-state index is -0.540. The normalized spacial score (nSPS) is 15.3. The average Bonchev–Trinajstić information content (AvgIpc) is 2.70. The zero-order chi connectivity index (χ0) is 20.1. The van der Waals surface area contributed by atoms with Crippen molar-refractivity contribution in [3.8, 4) is 11.5 Å². The molecule has 5 nitrogen and oxygen atoms in total. The number of anilines is 1. The average molecular weight is 403 g/mol. The number of rotatable bonds is 6. The zero-order valence-electron chi connectivity index (χ0n) is 16.7. The molecule has 0 bridgehead atoms. The van der Waals surface area contributed by atoms with Crippen molar-refractivity contribution in [1.29, 1.82) is 0 Å². The highest BCUT2D eigenvalue weighted by Crippen LogP contribution is 2.29. The van der Waals surface area contributed by atoms with Gasteiger partial charge in [-0.1, -0.05) is 23.7 Å². The number of nitrogens with zero attached hydrogens (tertiary/aromatic N) is 2. The van der Waals surface area contributed by atoms with E-state index in [1.807, 2.05) is 49.1 Å². The van der Waals surface area contributed by atoms with E-state index in [2.05, 4.69) is 11.0 Å². The number of piperazine rings is 1. The largest absolute Gasteiger partial charge is 0.492 e. The standard InChI is InChI=1S/C22H27ClN2O3/c1-4-27-21-8-6-5-7-19(21)24-11-13-25(14-12-24)22(26)17(3)28-20-10-9-18(23)15-16(20)2/h5-10,15,17H,4,11-14H2,1-3H3/t17-/m0/s1. The molecule has 1 heterocycles. The second-order valence-electron chi connectivity index (χ2n) is 6.88. The van der Waals surface area contributed by atoms with Crippen molar-refractivity contribution in [3.05, 3.63) is 53.1 Å². The van der Waals surface area contributed by atoms with Gasteiger partial charge in [-0.25, -0.2) is 0 Å². The fraction of sp³-hybridized carbons (Fsp3) is 0.409. The van der Waals surface area contributed by atoms with E-state index < -0.39 is 6.10 Å². The van der Waals surface area contributed by atoms with Gasteiger partial charge in [0.05, 0.1) is 12.3 Å². The van der Waals surface area contributed by atoms with Crippen molar-refractivity contribution in [2.24, 2.45) is 0 Å². The summed E-state index contributed by atoms with van der Waals surface area (Å²) in [5.41, 5.74) is 2.00. The topological polar surface area (TPSA) is 42.0 Å². The van der Waals surface area contributed by atoms with E-state index in [1.165, 1.54) is 0 Å². The molecule has 1 amide bonds. The Kier molecular flexibility index (Phi) is 6.68. The molecule has 1 atom stereocenters. The summed E-state index contributed by atoms with van der Waals surface area (Å²) in [5, 5.41) is 0.660. The fourth-order valence-corrected chi connectivity index (χ4v) is 3.63. The SMILES string of the molecule is CCOc1ccccc1N1CCN(C(=O)[C@H](C)Oc2ccc(Cl)cc2C)CC1. The second-order valence-corrected chi connectivity index (χ2v) is 7.32. The molecule has 1 fully saturated rings. The molecule has 2 aromatic rings. The van der Waals surface area contributed by atoms with Gasteiger partial charge in [-0.05, 0) is 56.7 Å². The van der Waals surface area contributed by atoms with E-state index in [9.17, 15) is 4.79 Å². The molecule has 150 valence electrons. The first-order chi connectivity index (χ1) is 13.5. The molecule has 1 aliphatic heterocycles. The zero-order valence-corrected chi connectivity index (χ0v) is 17.4. The third kappa shape index (κ3) is 4.71. The van der Waals surface area contributed by atoms with Crippen LogP contribution in [0.3, 0.4) is 0 Å². The number of ether oxygens (including phenoxy) is 2. The molecule has 0 aliphatic carbocycles. The summed E-state index contributed by atoms with van der Waals surface area (Å²) < 4.78 is 11.6. The number of aryl methyl sites for hydroxylation is 1. The summed E-state index contributed by atoms with van der Waals surface area (Å²) >= 11 is 5.99. The van der Waals surface area contributed by atoms with Crippen molar-refractivity contribution in [1.82, 2.24) is 4.90 Å². The Morgan fingerprint density at radius 2 is 1.82 bits per heavy atom. The third-order valence-electron chi connectivity index (χ3n) is 4.89. The number of halogens is 1. The number of carbonyl (C=O) groups is 1. The van der Waals surface area contributed by atoms with Crippen LogP contribution in [0.25, 0.3) is 0 Å². The Morgan fingerprint density at radius 3 is 2.50 bits per heavy atom. The highest BCUT2D eigenvalue weighted by Gasteiger charge is 2.27. The molecule has 0 unspecified atom stereocenters. The lowest BCUT2D eigenvalue weighted by atomic mass is 10.2. The smallest absolute Gasteiger partial charge is 0.263 e. The molecule has 0 saturated carbocycles. The third-order valence-corrected chi connectivity index (χ3v) is 5.12. The maximum absolute atomic E-state index is 12.8. The molecule has 0 spiro atoms. The molecule has 6 heteroatoms. The number of benzene rings is 2. The molecule has 2 aromatic carbocycles. The van der Waals surface area contributed by atoms with Crippen LogP contribution in [0.4, 0.5) is 5.69 Å². The Balaban J connectivity index is 1.59. The van der Waals surface area contributed by atoms with Crippen LogP contribution in [-0.2, 0) is 4.79 Å². The van der Waals surface area contributed by atoms with Crippen molar-refractivity contribution in [3.63, 3.8) is 0 Å². The van der Waals surface area contributed by atoms with Crippen LogP contribution in [0.1, 0.15) is 19.4 Å². The Bertz CT molecular complexity index is 819. The maximum atomic E-state index is 12.8. The van der Waals surface area contributed by atoms with E-state index in [4.69, 9.17) is 21.1 Å². The first-order valence-corrected chi connectivity index (χ1v) is 10.1. The van der Waals surface area contributed by atoms with Crippen LogP contribution in [0.2, 0.25) is 5.02 Å². The number of amides is 1. The number of hydrogen-bond acceptors (Lipinski definition) is 4. The van der Waals surface area contributed by atoms with Gasteiger partial charge in [-0.15, -0.1) is 0 Å². The van der Waals surface area contributed by atoms with E-state index in [0.29, 0.717) is 30.5 Å². The summed E-state index contributed by atoms with van der Waals surface area (Å²) in [4.78, 5) is 17.0. The van der Waals surface area contributed by atoms with Gasteiger partial charge in [0.25, 0.3) is 5.91 Å². The van der Waals surface area contributed by atoms with E-state index in [0.717, 1.165) is 30.1 Å². The summed E-state index contributed by atoms with van der Waals surface area (Å²) in [7, 11) is 0. The number of carbonyl (C=O) groups excluding carboxylic acids is 1. The molecule has 0 N–H and O–H groups in total. The van der Waals surface area contributed by atoms with Crippen molar-refractivity contribution in [2.45, 2.75) is 26.9 Å². The fourth-order valence-electron chi connectivity index (χ4n) is 3.41. The maximum Gasteiger partial charge on any atom is 0.263 e. The lowest BCUT2D eigenvalue weighted by molar-refractivity contribution is -0.138. The van der Waals surface area contributed by atoms with Crippen LogP contribution < -0.4 is 14.4 Å². The lowest BCUT2D eigenvalue weighted by Crippen LogP contribution is -2.52. The first-order valence-electron chi connectivity index (χ1n) is 9.68. The minimum absolute atomic E-state index is 0.00657. The van der Waals surface area contributed by atoms with Gasteiger partial charge in [0.1, 0.15) is 11.5 Å². The molecule has 0 radical (unpaired) electrons. The summed E-state index contributed by atoms with van der Waals surface area (Å²) in [6, 6.07) is 13.5. The lowest BCUT2D eigenvalue weighted by Gasteiger charge is -2.37. The van der Waals surface area contributed by atoms with Gasteiger partial charge in [-0.2, -0.15) is 0 Å². The Hall–Kier alpha value is -2.40. The van der Waals surface area contributed by atoms with E-state index in [-0.39, 0.29) is 5.91 Å². The molecule has 3 rings (SSSR count). The Labute approximate surface area is 171 Å². The van der Waals surface area contributed by atoms with Crippen molar-refractivity contribution < 1.29 is 14.3 Å². The predicted molar refractivity (Wildman–Crippen MR) is 113 cm³/mol. The van der Waals surface area contributed by atoms with Crippen molar-refractivity contribution >= 4 is 23.2 Å². The number of para-hydroxylation sites is 2. The van der Waals surface area contributed by atoms with Gasteiger partial charge < -0.3 is 19.3 Å². The van der Waals surface area contributed by atoms with Crippen LogP contribution in [0.5, 0.6) is 11.5 Å². The van der Waals surface area contributed by atoms with Crippen LogP contribution in [0, 0.1) is 6.92 Å². The van der Waals surface area contributed by atoms with Crippen LogP contribution in [0.15, 0.2) is 42.5 Å². The molecule has 1 aliphatic rings. The van der Waals surface area contributed by atoms with Gasteiger partial charge in [0.2, 0.25) is 0 Å². The number of hydrogen-bond donors (Lipinski definition) is 0. The second kappa shape index (κ2) is 9.20. The van der Waals surface area contributed by atoms with Gasteiger partial charge in [0, 0.05) is 31.2 Å². The molecular formula is C22H27ClN2O3. The highest BCUT2D eigenvalue weighted by molar-refractivity contribution is 6.30. The molecular weight excluding hydrogens is 376 g/mol. The van der Waals surface area contributed by atoms with Gasteiger partial charge >= 0.3 is 0 Å². The predicted octanol–water partition coefficient (Wildman–Crippen LogP) is 4.16. The van der Waals surface area contributed by atoms with E-state index >= 15 is 0 Å². The summed E-state index contributed by atoms with van der Waals surface area (Å²) in [6.45, 7) is 9.19. The highest BCUT2D eigenvalue weighted by atomic mass is 35.5. The minimum Gasteiger partial charge on any atom is -0.492 e. The van der Waals surface area contributed by atoms with Gasteiger partial charge in [-0.3, -0.25) is 4.79 Å². The van der Waals surface area contributed by atoms with Crippen molar-refractivity contribution in [2.75, 3.05) is 37.7 Å². The summed E-state index contributed by atoms with van der Waals surface area (Å²) in [6.07, 6.45) is -0.540.